The zero-order valence-corrected chi connectivity index (χ0v) is 11.2. The molecule has 0 radical (unpaired) electrons. The molecule has 2 aliphatic carbocycles. The van der Waals surface area contributed by atoms with Crippen LogP contribution in [0.1, 0.15) is 19.3 Å². The van der Waals surface area contributed by atoms with Gasteiger partial charge in [0.2, 0.25) is 0 Å². The first kappa shape index (κ1) is 14.0. The number of benzene rings is 1. The number of nitrogens with zero attached hydrogens (tertiary/aromatic N) is 1. The second-order valence-electron chi connectivity index (χ2n) is 5.52. The molecule has 2 atom stereocenters. The van der Waals surface area contributed by atoms with Crippen LogP contribution in [0.3, 0.4) is 0 Å². The van der Waals surface area contributed by atoms with Crippen LogP contribution >= 0.6 is 0 Å². The first-order valence-corrected chi connectivity index (χ1v) is 6.87. The normalized spacial score (nSPS) is 25.6. The van der Waals surface area contributed by atoms with E-state index in [0.29, 0.717) is 11.6 Å². The number of nitrogens with one attached hydrogen (secondary N) is 1. The molecular formula is C14H16F3N3O. The molecule has 2 fully saturated rings. The Kier molecular flexibility index (Phi) is 3.43. The van der Waals surface area contributed by atoms with Crippen LogP contribution in [-0.4, -0.2) is 18.4 Å². The van der Waals surface area contributed by atoms with E-state index in [1.165, 1.54) is 31.0 Å². The molecule has 0 heterocycles. The topological polar surface area (TPSA) is 59.6 Å². The first-order valence-electron chi connectivity index (χ1n) is 6.87. The lowest BCUT2D eigenvalue weighted by Crippen LogP contribution is -2.23. The number of halogens is 3. The molecule has 0 saturated heterocycles. The summed E-state index contributed by atoms with van der Waals surface area (Å²) in [5.74, 6) is 1.38. The quantitative estimate of drug-likeness (QED) is 0.663. The zero-order valence-electron chi connectivity index (χ0n) is 11.2. The van der Waals surface area contributed by atoms with Crippen LogP contribution in [0, 0.1) is 11.8 Å². The fraction of sp³-hybridized carbons (Fsp3) is 0.500. The van der Waals surface area contributed by atoms with E-state index in [9.17, 15) is 13.2 Å². The van der Waals surface area contributed by atoms with Gasteiger partial charge in [-0.1, -0.05) is 6.07 Å². The number of rotatable bonds is 4. The van der Waals surface area contributed by atoms with E-state index in [-0.39, 0.29) is 17.8 Å². The van der Waals surface area contributed by atoms with Gasteiger partial charge >= 0.3 is 6.36 Å². The zero-order chi connectivity index (χ0) is 15.0. The van der Waals surface area contributed by atoms with Crippen molar-refractivity contribution in [2.75, 3.05) is 5.32 Å². The first-order chi connectivity index (χ1) is 9.90. The largest absolute Gasteiger partial charge is 0.573 e. The Morgan fingerprint density at radius 2 is 2.10 bits per heavy atom. The molecule has 0 bridgehead atoms. The van der Waals surface area contributed by atoms with Gasteiger partial charge in [0.25, 0.3) is 0 Å². The lowest BCUT2D eigenvalue weighted by molar-refractivity contribution is -0.274. The van der Waals surface area contributed by atoms with E-state index < -0.39 is 6.36 Å². The second kappa shape index (κ2) is 5.13. The maximum atomic E-state index is 12.1. The molecule has 114 valence electrons. The number of aliphatic imine (C=N–C) groups is 1. The highest BCUT2D eigenvalue weighted by Crippen LogP contribution is 2.51. The van der Waals surface area contributed by atoms with Gasteiger partial charge in [0, 0.05) is 11.8 Å². The Balaban J connectivity index is 1.59. The third-order valence-corrected chi connectivity index (χ3v) is 3.68. The van der Waals surface area contributed by atoms with Crippen molar-refractivity contribution in [3.05, 3.63) is 24.3 Å². The molecular weight excluding hydrogens is 283 g/mol. The Morgan fingerprint density at radius 1 is 1.33 bits per heavy atom. The summed E-state index contributed by atoms with van der Waals surface area (Å²) >= 11 is 0. The maximum absolute atomic E-state index is 12.1. The predicted octanol–water partition coefficient (Wildman–Crippen LogP) is 3.11. The van der Waals surface area contributed by atoms with Crippen molar-refractivity contribution in [3.63, 3.8) is 0 Å². The van der Waals surface area contributed by atoms with Crippen LogP contribution in [0.4, 0.5) is 18.9 Å². The minimum Gasteiger partial charge on any atom is -0.406 e. The van der Waals surface area contributed by atoms with Crippen molar-refractivity contribution in [2.24, 2.45) is 22.6 Å². The van der Waals surface area contributed by atoms with E-state index in [2.05, 4.69) is 15.0 Å². The predicted molar refractivity (Wildman–Crippen MR) is 73.0 cm³/mol. The standard InChI is InChI=1S/C14H16F3N3O/c15-14(16,17)21-10-3-1-2-9(6-10)19-13(18)20-12-7-11(12)8-4-5-8/h1-3,6,8,11-12H,4-5,7H2,(H3,18,19,20)/t11-,12+/m0/s1. The van der Waals surface area contributed by atoms with E-state index in [4.69, 9.17) is 5.73 Å². The summed E-state index contributed by atoms with van der Waals surface area (Å²) in [4.78, 5) is 4.35. The molecule has 1 aromatic carbocycles. The summed E-state index contributed by atoms with van der Waals surface area (Å²) in [5.41, 5.74) is 6.20. The SMILES string of the molecule is NC(=N[C@@H]1C[C@H]1C1CC1)Nc1cccc(OC(F)(F)F)c1. The summed E-state index contributed by atoms with van der Waals surface area (Å²) in [7, 11) is 0. The van der Waals surface area contributed by atoms with Gasteiger partial charge in [0.15, 0.2) is 5.96 Å². The minimum atomic E-state index is -4.70. The molecule has 3 N–H and O–H groups in total. The van der Waals surface area contributed by atoms with E-state index in [1.807, 2.05) is 0 Å². The molecule has 2 saturated carbocycles. The van der Waals surface area contributed by atoms with Crippen molar-refractivity contribution in [1.82, 2.24) is 0 Å². The van der Waals surface area contributed by atoms with Crippen LogP contribution < -0.4 is 15.8 Å². The van der Waals surface area contributed by atoms with Crippen molar-refractivity contribution in [3.8, 4) is 5.75 Å². The molecule has 0 amide bonds. The Bertz CT molecular complexity index is 555. The van der Waals surface area contributed by atoms with E-state index >= 15 is 0 Å². The molecule has 0 spiro atoms. The lowest BCUT2D eigenvalue weighted by atomic mass is 10.3. The molecule has 0 unspecified atom stereocenters. The third kappa shape index (κ3) is 4.03. The molecule has 0 aliphatic heterocycles. The van der Waals surface area contributed by atoms with Crippen LogP contribution in [0.5, 0.6) is 5.75 Å². The fourth-order valence-corrected chi connectivity index (χ4v) is 2.51. The third-order valence-electron chi connectivity index (χ3n) is 3.68. The average molecular weight is 299 g/mol. The highest BCUT2D eigenvalue weighted by Gasteiger charge is 2.47. The molecule has 1 aromatic rings. The number of hydrogen-bond donors (Lipinski definition) is 2. The molecule has 21 heavy (non-hydrogen) atoms. The van der Waals surface area contributed by atoms with E-state index in [1.54, 1.807) is 6.07 Å². The number of hydrogen-bond acceptors (Lipinski definition) is 2. The summed E-state index contributed by atoms with van der Waals surface area (Å²) in [6.07, 6.45) is -1.09. The maximum Gasteiger partial charge on any atom is 0.573 e. The number of nitrogens with two attached hydrogens (primary N) is 1. The van der Waals surface area contributed by atoms with Crippen molar-refractivity contribution >= 4 is 11.6 Å². The molecule has 3 rings (SSSR count). The van der Waals surface area contributed by atoms with Gasteiger partial charge in [-0.2, -0.15) is 0 Å². The monoisotopic (exact) mass is 299 g/mol. The number of guanidine groups is 1. The Morgan fingerprint density at radius 3 is 2.76 bits per heavy atom. The number of alkyl halides is 3. The van der Waals surface area contributed by atoms with Crippen molar-refractivity contribution in [1.29, 1.82) is 0 Å². The van der Waals surface area contributed by atoms with Crippen LogP contribution in [0.25, 0.3) is 0 Å². The minimum absolute atomic E-state index is 0.229. The fourth-order valence-electron chi connectivity index (χ4n) is 2.51. The highest BCUT2D eigenvalue weighted by molar-refractivity contribution is 5.92. The average Bonchev–Trinajstić information content (AvgIpc) is 3.20. The summed E-state index contributed by atoms with van der Waals surface area (Å²) in [6.45, 7) is 0. The van der Waals surface area contributed by atoms with Gasteiger partial charge in [-0.05, 0) is 43.2 Å². The van der Waals surface area contributed by atoms with Gasteiger partial charge in [-0.3, -0.25) is 0 Å². The van der Waals surface area contributed by atoms with Gasteiger partial charge in [-0.25, -0.2) is 4.99 Å². The summed E-state index contributed by atoms with van der Waals surface area (Å²) in [5, 5.41) is 2.80. The van der Waals surface area contributed by atoms with Crippen LogP contribution in [-0.2, 0) is 0 Å². The summed E-state index contributed by atoms with van der Waals surface area (Å²) in [6, 6.07) is 5.80. The van der Waals surface area contributed by atoms with Gasteiger partial charge in [0.05, 0.1) is 6.04 Å². The Hall–Kier alpha value is -1.92. The molecule has 4 nitrogen and oxygen atoms in total. The van der Waals surface area contributed by atoms with E-state index in [0.717, 1.165) is 12.3 Å². The summed E-state index contributed by atoms with van der Waals surface area (Å²) < 4.78 is 40.3. The van der Waals surface area contributed by atoms with Crippen LogP contribution in [0.15, 0.2) is 29.3 Å². The number of anilines is 1. The molecule has 0 aromatic heterocycles. The second-order valence-corrected chi connectivity index (χ2v) is 5.52. The van der Waals surface area contributed by atoms with Gasteiger partial charge in [0.1, 0.15) is 5.75 Å². The van der Waals surface area contributed by atoms with Gasteiger partial charge < -0.3 is 15.8 Å². The number of ether oxygens (including phenoxy) is 1. The lowest BCUT2D eigenvalue weighted by Gasteiger charge is -2.11. The van der Waals surface area contributed by atoms with Crippen LogP contribution in [0.2, 0.25) is 0 Å². The molecule has 2 aliphatic rings. The van der Waals surface area contributed by atoms with Crippen molar-refractivity contribution in [2.45, 2.75) is 31.7 Å². The smallest absolute Gasteiger partial charge is 0.406 e. The Labute approximate surface area is 120 Å². The van der Waals surface area contributed by atoms with Crippen molar-refractivity contribution < 1.29 is 17.9 Å². The van der Waals surface area contributed by atoms with Gasteiger partial charge in [-0.15, -0.1) is 13.2 Å². The molecule has 7 heteroatoms. The highest BCUT2D eigenvalue weighted by atomic mass is 19.4.